The first-order valence-corrected chi connectivity index (χ1v) is 10.8. The molecule has 0 atom stereocenters. The van der Waals surface area contributed by atoms with Crippen molar-refractivity contribution in [3.63, 3.8) is 0 Å². The second kappa shape index (κ2) is 9.20. The molecule has 1 aliphatic rings. The minimum Gasteiger partial charge on any atom is -0.494 e. The predicted octanol–water partition coefficient (Wildman–Crippen LogP) is 4.57. The summed E-state index contributed by atoms with van der Waals surface area (Å²) < 4.78 is 5.55. The third-order valence-corrected chi connectivity index (χ3v) is 5.60. The van der Waals surface area contributed by atoms with Crippen molar-refractivity contribution in [1.82, 2.24) is 0 Å². The molecule has 2 amide bonds. The zero-order valence-corrected chi connectivity index (χ0v) is 19.3. The van der Waals surface area contributed by atoms with E-state index >= 15 is 0 Å². The lowest BCUT2D eigenvalue weighted by atomic mass is 10.0. The van der Waals surface area contributed by atoms with E-state index in [0.29, 0.717) is 34.9 Å². The van der Waals surface area contributed by atoms with Crippen LogP contribution in [0.5, 0.6) is 5.75 Å². The van der Waals surface area contributed by atoms with E-state index in [2.05, 4.69) is 0 Å². The van der Waals surface area contributed by atoms with Crippen molar-refractivity contribution in [3.8, 4) is 5.75 Å². The van der Waals surface area contributed by atoms with Crippen molar-refractivity contribution >= 4 is 34.4 Å². The molecule has 0 aromatic heterocycles. The van der Waals surface area contributed by atoms with Crippen molar-refractivity contribution in [2.75, 3.05) is 42.4 Å². The molecule has 6 heteroatoms. The summed E-state index contributed by atoms with van der Waals surface area (Å²) in [5.74, 6) is 0.0103. The van der Waals surface area contributed by atoms with Gasteiger partial charge >= 0.3 is 0 Å². The predicted molar refractivity (Wildman–Crippen MR) is 133 cm³/mol. The van der Waals surface area contributed by atoms with Crippen molar-refractivity contribution in [1.29, 1.82) is 0 Å². The molecule has 0 aliphatic carbocycles. The number of benzene rings is 3. The molecule has 3 aromatic rings. The number of nitrogens with zero attached hydrogens (tertiary/aromatic N) is 3. The highest BCUT2D eigenvalue weighted by Crippen LogP contribution is 2.37. The van der Waals surface area contributed by atoms with E-state index in [4.69, 9.17) is 4.74 Å². The quantitative estimate of drug-likeness (QED) is 0.503. The Bertz CT molecular complexity index is 1200. The van der Waals surface area contributed by atoms with E-state index in [1.54, 1.807) is 11.0 Å². The molecule has 0 N–H and O–H groups in total. The number of hydrogen-bond donors (Lipinski definition) is 0. The summed E-state index contributed by atoms with van der Waals surface area (Å²) in [5.41, 5.74) is 3.63. The SMILES string of the molecule is CCOc1ccc(C2=C(N(C)c3ccccc3)C(=O)N(c3cccc(N(C)C)c3)C2=O)cc1. The van der Waals surface area contributed by atoms with E-state index < -0.39 is 0 Å². The largest absolute Gasteiger partial charge is 0.494 e. The minimum absolute atomic E-state index is 0.339. The van der Waals surface area contributed by atoms with Crippen LogP contribution in [-0.4, -0.2) is 39.6 Å². The summed E-state index contributed by atoms with van der Waals surface area (Å²) in [6.45, 7) is 2.47. The maximum Gasteiger partial charge on any atom is 0.282 e. The van der Waals surface area contributed by atoms with Crippen LogP contribution in [0.2, 0.25) is 0 Å². The van der Waals surface area contributed by atoms with Gasteiger partial charge in [-0.3, -0.25) is 9.59 Å². The summed E-state index contributed by atoms with van der Waals surface area (Å²) in [5, 5.41) is 0. The Morgan fingerprint density at radius 2 is 1.45 bits per heavy atom. The fourth-order valence-corrected chi connectivity index (χ4v) is 3.90. The number of anilines is 3. The third kappa shape index (κ3) is 4.20. The first kappa shape index (κ1) is 22.1. The standard InChI is InChI=1S/C27H27N3O3/c1-5-33-23-16-14-19(15-17-23)24-25(29(4)20-10-7-6-8-11-20)27(32)30(26(24)31)22-13-9-12-21(18-22)28(2)3/h6-18H,5H2,1-4H3. The molecule has 0 saturated carbocycles. The van der Waals surface area contributed by atoms with Gasteiger partial charge in [-0.15, -0.1) is 0 Å². The number of hydrogen-bond acceptors (Lipinski definition) is 5. The van der Waals surface area contributed by atoms with E-state index in [9.17, 15) is 9.59 Å². The zero-order chi connectivity index (χ0) is 23.5. The summed E-state index contributed by atoms with van der Waals surface area (Å²) >= 11 is 0. The highest BCUT2D eigenvalue weighted by Gasteiger charge is 2.42. The lowest BCUT2D eigenvalue weighted by Gasteiger charge is -2.22. The highest BCUT2D eigenvalue weighted by atomic mass is 16.5. The monoisotopic (exact) mass is 441 g/mol. The summed E-state index contributed by atoms with van der Waals surface area (Å²) in [6, 6.07) is 24.2. The summed E-state index contributed by atoms with van der Waals surface area (Å²) in [6.07, 6.45) is 0. The summed E-state index contributed by atoms with van der Waals surface area (Å²) in [7, 11) is 5.65. The Labute approximate surface area is 194 Å². The first-order chi connectivity index (χ1) is 15.9. The van der Waals surface area contributed by atoms with Gasteiger partial charge in [-0.1, -0.05) is 36.4 Å². The van der Waals surface area contributed by atoms with Crippen molar-refractivity contribution < 1.29 is 14.3 Å². The van der Waals surface area contributed by atoms with Gasteiger partial charge in [0.15, 0.2) is 0 Å². The van der Waals surface area contributed by atoms with Gasteiger partial charge < -0.3 is 14.5 Å². The van der Waals surface area contributed by atoms with Crippen LogP contribution in [0.3, 0.4) is 0 Å². The Morgan fingerprint density at radius 1 is 0.788 bits per heavy atom. The topological polar surface area (TPSA) is 53.1 Å². The van der Waals surface area contributed by atoms with Crippen molar-refractivity contribution in [2.45, 2.75) is 6.92 Å². The maximum atomic E-state index is 13.7. The molecule has 4 rings (SSSR count). The van der Waals surface area contributed by atoms with Crippen molar-refractivity contribution in [2.24, 2.45) is 0 Å². The molecule has 0 unspecified atom stereocenters. The van der Waals surface area contributed by atoms with E-state index in [-0.39, 0.29) is 11.8 Å². The molecule has 0 spiro atoms. The van der Waals surface area contributed by atoms with E-state index in [1.807, 2.05) is 106 Å². The van der Waals surface area contributed by atoms with Gasteiger partial charge in [0.05, 0.1) is 17.9 Å². The van der Waals surface area contributed by atoms with Gasteiger partial charge in [0.1, 0.15) is 11.4 Å². The smallest absolute Gasteiger partial charge is 0.282 e. The number of carbonyl (C=O) groups excluding carboxylic acids is 2. The number of carbonyl (C=O) groups is 2. The maximum absolute atomic E-state index is 13.7. The molecule has 0 radical (unpaired) electrons. The lowest BCUT2D eigenvalue weighted by Crippen LogP contribution is -2.34. The molecular weight excluding hydrogens is 414 g/mol. The molecule has 0 saturated heterocycles. The Kier molecular flexibility index (Phi) is 6.18. The number of amides is 2. The van der Waals surface area contributed by atoms with Crippen LogP contribution in [0, 0.1) is 0 Å². The number of imide groups is 1. The summed E-state index contributed by atoms with van der Waals surface area (Å²) in [4.78, 5) is 32.4. The van der Waals surface area contributed by atoms with Crippen LogP contribution in [-0.2, 0) is 9.59 Å². The van der Waals surface area contributed by atoms with Gasteiger partial charge in [0, 0.05) is 32.5 Å². The molecule has 1 aliphatic heterocycles. The van der Waals surface area contributed by atoms with E-state index in [0.717, 1.165) is 11.4 Å². The second-order valence-corrected chi connectivity index (χ2v) is 7.94. The van der Waals surface area contributed by atoms with Gasteiger partial charge in [0.25, 0.3) is 11.8 Å². The van der Waals surface area contributed by atoms with Crippen LogP contribution in [0.15, 0.2) is 84.6 Å². The second-order valence-electron chi connectivity index (χ2n) is 7.94. The molecule has 168 valence electrons. The molecule has 0 bridgehead atoms. The van der Waals surface area contributed by atoms with Crippen LogP contribution >= 0.6 is 0 Å². The van der Waals surface area contributed by atoms with Crippen LogP contribution in [0.4, 0.5) is 17.1 Å². The Balaban J connectivity index is 1.83. The molecule has 1 heterocycles. The Morgan fingerprint density at radius 3 is 2.09 bits per heavy atom. The highest BCUT2D eigenvalue weighted by molar-refractivity contribution is 6.46. The average Bonchev–Trinajstić information content (AvgIpc) is 3.09. The molecule has 33 heavy (non-hydrogen) atoms. The van der Waals surface area contributed by atoms with Gasteiger partial charge in [-0.2, -0.15) is 0 Å². The van der Waals surface area contributed by atoms with Gasteiger partial charge in [-0.05, 0) is 55.0 Å². The fraction of sp³-hybridized carbons (Fsp3) is 0.185. The normalized spacial score (nSPS) is 13.5. The van der Waals surface area contributed by atoms with Crippen LogP contribution in [0.25, 0.3) is 5.57 Å². The number of para-hydroxylation sites is 1. The molecule has 6 nitrogen and oxygen atoms in total. The third-order valence-electron chi connectivity index (χ3n) is 5.60. The number of ether oxygens (including phenoxy) is 1. The van der Waals surface area contributed by atoms with Crippen LogP contribution in [0.1, 0.15) is 12.5 Å². The molecule has 0 fully saturated rings. The minimum atomic E-state index is -0.355. The first-order valence-electron chi connectivity index (χ1n) is 10.8. The van der Waals surface area contributed by atoms with E-state index in [1.165, 1.54) is 4.90 Å². The van der Waals surface area contributed by atoms with Crippen molar-refractivity contribution in [3.05, 3.63) is 90.1 Å². The van der Waals surface area contributed by atoms with Gasteiger partial charge in [0.2, 0.25) is 0 Å². The van der Waals surface area contributed by atoms with Gasteiger partial charge in [-0.25, -0.2) is 4.90 Å². The van der Waals surface area contributed by atoms with Crippen LogP contribution < -0.4 is 19.4 Å². The fourth-order valence-electron chi connectivity index (χ4n) is 3.90. The Hall–Kier alpha value is -4.06. The molecule has 3 aromatic carbocycles. The average molecular weight is 442 g/mol. The zero-order valence-electron chi connectivity index (χ0n) is 19.3. The lowest BCUT2D eigenvalue weighted by molar-refractivity contribution is -0.120. The molecular formula is C27H27N3O3. The number of likely N-dealkylation sites (N-methyl/N-ethyl adjacent to an activating group) is 1. The number of rotatable bonds is 7.